The number of hydrogen-bond donors (Lipinski definition) is 1. The van der Waals surface area contributed by atoms with Gasteiger partial charge in [-0.25, -0.2) is 14.6 Å². The molecule has 0 unspecified atom stereocenters. The van der Waals surface area contributed by atoms with Gasteiger partial charge in [-0.2, -0.15) is 5.26 Å². The fraction of sp³-hybridized carbons (Fsp3) is 0.308. The fourth-order valence-corrected chi connectivity index (χ4v) is 5.29. The number of benzene rings is 1. The van der Waals surface area contributed by atoms with Crippen LogP contribution in [0.3, 0.4) is 0 Å². The molecule has 0 saturated heterocycles. The lowest BCUT2D eigenvalue weighted by Crippen LogP contribution is -2.11. The van der Waals surface area contributed by atoms with Crippen LogP contribution in [-0.2, 0) is 14.2 Å². The monoisotopic (exact) mass is 525 g/mol. The van der Waals surface area contributed by atoms with E-state index in [0.29, 0.717) is 21.1 Å². The van der Waals surface area contributed by atoms with Crippen molar-refractivity contribution in [3.05, 3.63) is 61.9 Å². The van der Waals surface area contributed by atoms with E-state index in [9.17, 15) is 14.9 Å². The first-order valence-electron chi connectivity index (χ1n) is 11.2. The van der Waals surface area contributed by atoms with Crippen LogP contribution in [-0.4, -0.2) is 43.9 Å². The van der Waals surface area contributed by atoms with Crippen LogP contribution in [0.4, 0.5) is 5.00 Å². The molecule has 0 saturated carbocycles. The minimum Gasteiger partial charge on any atom is -0.462 e. The predicted molar refractivity (Wildman–Crippen MR) is 141 cm³/mol. The molecule has 1 N–H and O–H groups in total. The van der Waals surface area contributed by atoms with Crippen LogP contribution in [0.25, 0.3) is 16.8 Å². The standard InChI is InChI=1S/C26H27N3O5S2/c1-6-33-25(30)21-17(4)22(26(31)34-10-9-32-5)36-24(21)28-13-18(12-27)23-29-20(14-35-23)19-8-7-15(2)11-16(19)3/h7-8,11,13-14,28H,6,9-10H2,1-5H3. The highest BCUT2D eigenvalue weighted by Crippen LogP contribution is 2.35. The lowest BCUT2D eigenvalue weighted by atomic mass is 10.0. The van der Waals surface area contributed by atoms with Crippen LogP contribution >= 0.6 is 22.7 Å². The highest BCUT2D eigenvalue weighted by molar-refractivity contribution is 7.18. The van der Waals surface area contributed by atoms with Gasteiger partial charge in [-0.3, -0.25) is 0 Å². The van der Waals surface area contributed by atoms with Crippen LogP contribution < -0.4 is 5.32 Å². The maximum atomic E-state index is 12.7. The van der Waals surface area contributed by atoms with Gasteiger partial charge in [-0.15, -0.1) is 22.7 Å². The molecule has 0 aliphatic rings. The summed E-state index contributed by atoms with van der Waals surface area (Å²) >= 11 is 2.41. The van der Waals surface area contributed by atoms with Gasteiger partial charge in [0.25, 0.3) is 0 Å². The Kier molecular flexibility index (Phi) is 9.36. The van der Waals surface area contributed by atoms with Gasteiger partial charge in [0.2, 0.25) is 0 Å². The summed E-state index contributed by atoms with van der Waals surface area (Å²) in [6.07, 6.45) is 1.48. The second kappa shape index (κ2) is 12.4. The topological polar surface area (TPSA) is 111 Å². The number of rotatable bonds is 10. The second-order valence-electron chi connectivity index (χ2n) is 7.78. The number of methoxy groups -OCH3 is 1. The van der Waals surface area contributed by atoms with Crippen LogP contribution in [0.5, 0.6) is 0 Å². The normalized spacial score (nSPS) is 11.2. The van der Waals surface area contributed by atoms with Gasteiger partial charge in [0.05, 0.1) is 24.5 Å². The Morgan fingerprint density at radius 3 is 2.61 bits per heavy atom. The van der Waals surface area contributed by atoms with E-state index in [4.69, 9.17) is 14.2 Å². The zero-order valence-electron chi connectivity index (χ0n) is 20.8. The number of aromatic nitrogens is 1. The number of thiazole rings is 1. The average molecular weight is 526 g/mol. The van der Waals surface area contributed by atoms with Crippen LogP contribution in [0.15, 0.2) is 29.8 Å². The van der Waals surface area contributed by atoms with E-state index in [-0.39, 0.29) is 30.3 Å². The van der Waals surface area contributed by atoms with E-state index in [1.54, 1.807) is 13.8 Å². The minimum atomic E-state index is -0.567. The second-order valence-corrected chi connectivity index (χ2v) is 9.66. The van der Waals surface area contributed by atoms with Crippen LogP contribution in [0.1, 0.15) is 48.7 Å². The molecular formula is C26H27N3O5S2. The van der Waals surface area contributed by atoms with Gasteiger partial charge in [0, 0.05) is 24.3 Å². The molecule has 8 nitrogen and oxygen atoms in total. The zero-order valence-corrected chi connectivity index (χ0v) is 22.4. The summed E-state index contributed by atoms with van der Waals surface area (Å²) in [7, 11) is 1.51. The molecule has 0 aliphatic carbocycles. The Bertz CT molecular complexity index is 1330. The largest absolute Gasteiger partial charge is 0.462 e. The van der Waals surface area contributed by atoms with E-state index in [1.165, 1.54) is 30.2 Å². The summed E-state index contributed by atoms with van der Waals surface area (Å²) in [6, 6.07) is 8.29. The zero-order chi connectivity index (χ0) is 26.2. The SMILES string of the molecule is CCOC(=O)c1c(NC=C(C#N)c2nc(-c3ccc(C)cc3C)cs2)sc(C(=O)OCCOC)c1C. The molecule has 0 fully saturated rings. The number of aryl methyl sites for hydroxylation is 2. The number of allylic oxidation sites excluding steroid dienone is 1. The molecule has 0 radical (unpaired) electrons. The van der Waals surface area contributed by atoms with Gasteiger partial charge in [0.15, 0.2) is 0 Å². The first-order chi connectivity index (χ1) is 17.3. The Labute approximate surface area is 218 Å². The quantitative estimate of drug-likeness (QED) is 0.202. The number of thiophene rings is 1. The predicted octanol–water partition coefficient (Wildman–Crippen LogP) is 5.75. The summed E-state index contributed by atoms with van der Waals surface area (Å²) in [5.41, 5.74) is 5.02. The summed E-state index contributed by atoms with van der Waals surface area (Å²) < 4.78 is 15.3. The molecular weight excluding hydrogens is 498 g/mol. The van der Waals surface area contributed by atoms with E-state index in [1.807, 2.05) is 31.4 Å². The van der Waals surface area contributed by atoms with Gasteiger partial charge < -0.3 is 19.5 Å². The van der Waals surface area contributed by atoms with Gasteiger partial charge >= 0.3 is 11.9 Å². The third-order valence-corrected chi connectivity index (χ3v) is 7.27. The van der Waals surface area contributed by atoms with Gasteiger partial charge in [-0.1, -0.05) is 23.8 Å². The molecule has 188 valence electrons. The molecule has 0 atom stereocenters. The van der Waals surface area contributed by atoms with Crippen molar-refractivity contribution in [3.8, 4) is 17.3 Å². The Balaban J connectivity index is 1.91. The highest BCUT2D eigenvalue weighted by Gasteiger charge is 2.26. The number of nitriles is 1. The molecule has 3 aromatic rings. The van der Waals surface area contributed by atoms with Crippen molar-refractivity contribution < 1.29 is 23.8 Å². The van der Waals surface area contributed by atoms with E-state index in [2.05, 4.69) is 22.4 Å². The number of carbonyl (C=O) groups is 2. The molecule has 3 rings (SSSR count). The maximum absolute atomic E-state index is 12.7. The number of ether oxygens (including phenoxy) is 3. The van der Waals surface area contributed by atoms with Crippen molar-refractivity contribution >= 4 is 45.2 Å². The molecule has 36 heavy (non-hydrogen) atoms. The lowest BCUT2D eigenvalue weighted by Gasteiger charge is -2.05. The Hall–Kier alpha value is -3.52. The van der Waals surface area contributed by atoms with Crippen molar-refractivity contribution in [2.24, 2.45) is 0 Å². The molecule has 0 spiro atoms. The summed E-state index contributed by atoms with van der Waals surface area (Å²) in [6.45, 7) is 7.96. The third kappa shape index (κ3) is 6.18. The molecule has 0 amide bonds. The first-order valence-corrected chi connectivity index (χ1v) is 12.9. The van der Waals surface area contributed by atoms with Gasteiger partial charge in [-0.05, 0) is 38.8 Å². The molecule has 10 heteroatoms. The smallest absolute Gasteiger partial charge is 0.348 e. The minimum absolute atomic E-state index is 0.0928. The molecule has 2 heterocycles. The lowest BCUT2D eigenvalue weighted by molar-refractivity contribution is 0.0393. The number of carbonyl (C=O) groups excluding carboxylic acids is 2. The first kappa shape index (κ1) is 27.1. The summed E-state index contributed by atoms with van der Waals surface area (Å²) in [4.78, 5) is 30.1. The van der Waals surface area contributed by atoms with Gasteiger partial charge in [0.1, 0.15) is 33.1 Å². The van der Waals surface area contributed by atoms with Crippen molar-refractivity contribution in [1.82, 2.24) is 4.98 Å². The fourth-order valence-electron chi connectivity index (χ4n) is 3.44. The Morgan fingerprint density at radius 2 is 1.94 bits per heavy atom. The van der Waals surface area contributed by atoms with E-state index in [0.717, 1.165) is 28.2 Å². The van der Waals surface area contributed by atoms with Crippen molar-refractivity contribution in [1.29, 1.82) is 5.26 Å². The average Bonchev–Trinajstić information content (AvgIpc) is 3.45. The van der Waals surface area contributed by atoms with Crippen LogP contribution in [0, 0.1) is 32.1 Å². The molecule has 0 bridgehead atoms. The van der Waals surface area contributed by atoms with Crippen molar-refractivity contribution in [2.45, 2.75) is 27.7 Å². The van der Waals surface area contributed by atoms with Crippen molar-refractivity contribution in [3.63, 3.8) is 0 Å². The summed E-state index contributed by atoms with van der Waals surface area (Å²) in [5, 5.41) is 15.6. The summed E-state index contributed by atoms with van der Waals surface area (Å²) in [5.74, 6) is -1.13. The number of nitrogens with zero attached hydrogens (tertiary/aromatic N) is 2. The number of hydrogen-bond acceptors (Lipinski definition) is 10. The van der Waals surface area contributed by atoms with E-state index < -0.39 is 11.9 Å². The van der Waals surface area contributed by atoms with Crippen molar-refractivity contribution in [2.75, 3.05) is 32.2 Å². The Morgan fingerprint density at radius 1 is 1.17 bits per heavy atom. The maximum Gasteiger partial charge on any atom is 0.348 e. The molecule has 2 aromatic heterocycles. The van der Waals surface area contributed by atoms with Crippen LogP contribution in [0.2, 0.25) is 0 Å². The number of anilines is 1. The molecule has 1 aromatic carbocycles. The van der Waals surface area contributed by atoms with E-state index >= 15 is 0 Å². The highest BCUT2D eigenvalue weighted by atomic mass is 32.1. The number of esters is 2. The molecule has 0 aliphatic heterocycles. The number of nitrogens with one attached hydrogen (secondary N) is 1. The third-order valence-electron chi connectivity index (χ3n) is 5.19.